The Bertz CT molecular complexity index is 933. The molecule has 0 aliphatic heterocycles. The first kappa shape index (κ1) is 16.9. The summed E-state index contributed by atoms with van der Waals surface area (Å²) in [5.41, 5.74) is 6.67. The van der Waals surface area contributed by atoms with Gasteiger partial charge < -0.3 is 19.6 Å². The van der Waals surface area contributed by atoms with Crippen LogP contribution in [0.25, 0.3) is 10.2 Å². The zero-order valence-electron chi connectivity index (χ0n) is 13.6. The van der Waals surface area contributed by atoms with Gasteiger partial charge in [0.25, 0.3) is 0 Å². The van der Waals surface area contributed by atoms with E-state index in [1.54, 1.807) is 19.9 Å². The average Bonchev–Trinajstić information content (AvgIpc) is 3.21. The van der Waals surface area contributed by atoms with Crippen LogP contribution in [0.15, 0.2) is 22.8 Å². The number of esters is 2. The lowest BCUT2D eigenvalue weighted by Gasteiger charge is -2.04. The van der Waals surface area contributed by atoms with E-state index in [0.717, 1.165) is 0 Å². The van der Waals surface area contributed by atoms with Gasteiger partial charge in [-0.1, -0.05) is 0 Å². The minimum absolute atomic E-state index is 0.0885. The molecule has 0 radical (unpaired) electrons. The average molecular weight is 361 g/mol. The number of nitrogen functional groups attached to an aromatic ring is 1. The maximum atomic E-state index is 12.0. The largest absolute Gasteiger partial charge is 0.462 e. The highest BCUT2D eigenvalue weighted by Gasteiger charge is 2.21. The normalized spacial score (nSPS) is 10.8. The van der Waals surface area contributed by atoms with E-state index in [1.165, 1.54) is 23.7 Å². The molecule has 0 fully saturated rings. The van der Waals surface area contributed by atoms with Crippen molar-refractivity contribution in [3.8, 4) is 0 Å². The maximum Gasteiger partial charge on any atom is 0.374 e. The van der Waals surface area contributed by atoms with Crippen molar-refractivity contribution < 1.29 is 23.5 Å². The van der Waals surface area contributed by atoms with Crippen LogP contribution in [0.4, 0.5) is 5.82 Å². The quantitative estimate of drug-likeness (QED) is 0.689. The molecule has 0 amide bonds. The number of aromatic nitrogens is 2. The van der Waals surface area contributed by atoms with E-state index in [2.05, 4.69) is 9.97 Å². The van der Waals surface area contributed by atoms with E-state index in [4.69, 9.17) is 19.6 Å². The lowest BCUT2D eigenvalue weighted by molar-refractivity contribution is 0.0425. The van der Waals surface area contributed by atoms with Gasteiger partial charge in [-0.05, 0) is 31.5 Å². The molecule has 0 atom stereocenters. The number of nitrogens with two attached hydrogens (primary N) is 1. The molecular formula is C16H15N3O5S. The van der Waals surface area contributed by atoms with Gasteiger partial charge in [-0.3, -0.25) is 0 Å². The molecule has 0 aliphatic carbocycles. The van der Waals surface area contributed by atoms with Gasteiger partial charge in [0.1, 0.15) is 15.5 Å². The fraction of sp³-hybridized carbons (Fsp3) is 0.250. The van der Waals surface area contributed by atoms with E-state index in [0.29, 0.717) is 20.7 Å². The Hall–Kier alpha value is -2.94. The molecule has 3 rings (SSSR count). The summed E-state index contributed by atoms with van der Waals surface area (Å²) >= 11 is 1.17. The van der Waals surface area contributed by atoms with Crippen molar-refractivity contribution in [3.63, 3.8) is 0 Å². The Balaban J connectivity index is 1.86. The highest BCUT2D eigenvalue weighted by atomic mass is 32.1. The standard InChI is InChI=1S/C16H15N3O5S/c1-3-22-16(21)12-8(2)11-13(17)18-10(19-14(11)25-12)7-24-15(20)9-5-4-6-23-9/h4-6H,3,7H2,1-2H3,(H2,17,18,19). The summed E-state index contributed by atoms with van der Waals surface area (Å²) < 4.78 is 15.1. The number of aryl methyl sites for hydroxylation is 1. The monoisotopic (exact) mass is 361 g/mol. The molecule has 9 heteroatoms. The summed E-state index contributed by atoms with van der Waals surface area (Å²) in [6, 6.07) is 3.08. The van der Waals surface area contributed by atoms with Crippen LogP contribution >= 0.6 is 11.3 Å². The van der Waals surface area contributed by atoms with E-state index in [9.17, 15) is 9.59 Å². The predicted molar refractivity (Wildman–Crippen MR) is 90.3 cm³/mol. The van der Waals surface area contributed by atoms with E-state index < -0.39 is 11.9 Å². The van der Waals surface area contributed by atoms with Crippen LogP contribution in [0.2, 0.25) is 0 Å². The van der Waals surface area contributed by atoms with Gasteiger partial charge in [0, 0.05) is 0 Å². The van der Waals surface area contributed by atoms with Gasteiger partial charge in [0.2, 0.25) is 5.76 Å². The van der Waals surface area contributed by atoms with Gasteiger partial charge in [0.15, 0.2) is 12.4 Å². The molecular weight excluding hydrogens is 346 g/mol. The van der Waals surface area contributed by atoms with Crippen molar-refractivity contribution in [1.82, 2.24) is 9.97 Å². The van der Waals surface area contributed by atoms with Crippen molar-refractivity contribution in [3.05, 3.63) is 40.4 Å². The van der Waals surface area contributed by atoms with Crippen LogP contribution in [-0.2, 0) is 16.1 Å². The van der Waals surface area contributed by atoms with E-state index in [-0.39, 0.29) is 30.6 Å². The first-order chi connectivity index (χ1) is 12.0. The van der Waals surface area contributed by atoms with Gasteiger partial charge in [-0.15, -0.1) is 11.3 Å². The number of ether oxygens (including phenoxy) is 2. The van der Waals surface area contributed by atoms with E-state index in [1.807, 2.05) is 0 Å². The lowest BCUT2D eigenvalue weighted by Crippen LogP contribution is -2.08. The first-order valence-corrected chi connectivity index (χ1v) is 8.26. The number of rotatable bonds is 5. The number of anilines is 1. The first-order valence-electron chi connectivity index (χ1n) is 7.44. The molecule has 0 bridgehead atoms. The van der Waals surface area contributed by atoms with Gasteiger partial charge >= 0.3 is 11.9 Å². The van der Waals surface area contributed by atoms with Crippen LogP contribution < -0.4 is 5.73 Å². The SMILES string of the molecule is CCOC(=O)c1sc2nc(COC(=O)c3ccco3)nc(N)c2c1C. The van der Waals surface area contributed by atoms with Crippen LogP contribution in [0.5, 0.6) is 0 Å². The third-order valence-corrected chi connectivity index (χ3v) is 4.55. The van der Waals surface area contributed by atoms with Crippen LogP contribution in [0.1, 0.15) is 38.5 Å². The Morgan fingerprint density at radius 1 is 1.28 bits per heavy atom. The number of hydrogen-bond donors (Lipinski definition) is 1. The summed E-state index contributed by atoms with van der Waals surface area (Å²) in [5.74, 6) is -0.499. The Morgan fingerprint density at radius 3 is 2.76 bits per heavy atom. The smallest absolute Gasteiger partial charge is 0.374 e. The maximum absolute atomic E-state index is 12.0. The van der Waals surface area contributed by atoms with Gasteiger partial charge in [-0.2, -0.15) is 0 Å². The van der Waals surface area contributed by atoms with Crippen molar-refractivity contribution in [2.24, 2.45) is 0 Å². The molecule has 0 unspecified atom stereocenters. The number of fused-ring (bicyclic) bond motifs is 1. The molecule has 2 N–H and O–H groups in total. The van der Waals surface area contributed by atoms with Crippen molar-refractivity contribution in [2.75, 3.05) is 12.3 Å². The molecule has 3 heterocycles. The highest BCUT2D eigenvalue weighted by molar-refractivity contribution is 7.20. The highest BCUT2D eigenvalue weighted by Crippen LogP contribution is 2.33. The third-order valence-electron chi connectivity index (χ3n) is 3.38. The molecule has 0 saturated carbocycles. The van der Waals surface area contributed by atoms with Crippen molar-refractivity contribution >= 4 is 39.3 Å². The van der Waals surface area contributed by atoms with Crippen LogP contribution in [0, 0.1) is 6.92 Å². The molecule has 0 aromatic carbocycles. The summed E-state index contributed by atoms with van der Waals surface area (Å²) in [6.45, 7) is 3.62. The molecule has 0 spiro atoms. The molecule has 3 aromatic heterocycles. The number of furan rings is 1. The van der Waals surface area contributed by atoms with Crippen molar-refractivity contribution in [2.45, 2.75) is 20.5 Å². The Morgan fingerprint density at radius 2 is 2.08 bits per heavy atom. The number of carbonyl (C=O) groups excluding carboxylic acids is 2. The summed E-state index contributed by atoms with van der Waals surface area (Å²) in [6.07, 6.45) is 1.38. The van der Waals surface area contributed by atoms with E-state index >= 15 is 0 Å². The second kappa shape index (κ2) is 6.89. The number of thiophene rings is 1. The Kier molecular flexibility index (Phi) is 4.66. The van der Waals surface area contributed by atoms with Crippen molar-refractivity contribution in [1.29, 1.82) is 0 Å². The number of hydrogen-bond acceptors (Lipinski definition) is 9. The fourth-order valence-electron chi connectivity index (χ4n) is 2.27. The molecule has 3 aromatic rings. The molecule has 130 valence electrons. The van der Waals surface area contributed by atoms with Gasteiger partial charge in [0.05, 0.1) is 18.3 Å². The molecule has 8 nitrogen and oxygen atoms in total. The minimum atomic E-state index is -0.623. The molecule has 0 aliphatic rings. The molecule has 0 saturated heterocycles. The number of carbonyl (C=O) groups is 2. The fourth-order valence-corrected chi connectivity index (χ4v) is 3.37. The second-order valence-corrected chi connectivity index (χ2v) is 6.03. The third kappa shape index (κ3) is 3.31. The van der Waals surface area contributed by atoms with Crippen LogP contribution in [0.3, 0.4) is 0 Å². The topological polar surface area (TPSA) is 118 Å². The summed E-state index contributed by atoms with van der Waals surface area (Å²) in [7, 11) is 0. The lowest BCUT2D eigenvalue weighted by atomic mass is 10.2. The summed E-state index contributed by atoms with van der Waals surface area (Å²) in [5, 5.41) is 0.606. The zero-order valence-corrected chi connectivity index (χ0v) is 14.4. The summed E-state index contributed by atoms with van der Waals surface area (Å²) in [4.78, 5) is 33.2. The second-order valence-electron chi connectivity index (χ2n) is 5.04. The van der Waals surface area contributed by atoms with Gasteiger partial charge in [-0.25, -0.2) is 19.6 Å². The number of nitrogens with zero attached hydrogens (tertiary/aromatic N) is 2. The molecule has 25 heavy (non-hydrogen) atoms. The Labute approximate surface area is 146 Å². The van der Waals surface area contributed by atoms with Crippen LogP contribution in [-0.4, -0.2) is 28.5 Å². The predicted octanol–water partition coefficient (Wildman–Crippen LogP) is 2.71. The zero-order chi connectivity index (χ0) is 18.0. The minimum Gasteiger partial charge on any atom is -0.462 e.